The first kappa shape index (κ1) is 18.2. The predicted molar refractivity (Wildman–Crippen MR) is 106 cm³/mol. The van der Waals surface area contributed by atoms with Crippen molar-refractivity contribution in [3.8, 4) is 0 Å². The monoisotopic (exact) mass is 384 g/mol. The lowest BCUT2D eigenvalue weighted by molar-refractivity contribution is -0.115. The van der Waals surface area contributed by atoms with Gasteiger partial charge in [-0.05, 0) is 36.8 Å². The number of fused-ring (bicyclic) bond motifs is 1. The van der Waals surface area contributed by atoms with Crippen molar-refractivity contribution in [2.75, 3.05) is 31.6 Å². The second-order valence-corrected chi connectivity index (χ2v) is 8.14. The van der Waals surface area contributed by atoms with Crippen LogP contribution in [0.1, 0.15) is 39.2 Å². The summed E-state index contributed by atoms with van der Waals surface area (Å²) < 4.78 is 5.38. The number of hydrogen-bond donors (Lipinski definition) is 1. The molecule has 1 fully saturated rings. The van der Waals surface area contributed by atoms with Crippen LogP contribution in [0.15, 0.2) is 30.3 Å². The third-order valence-electron chi connectivity index (χ3n) is 5.14. The van der Waals surface area contributed by atoms with E-state index in [0.717, 1.165) is 47.4 Å². The smallest absolute Gasteiger partial charge is 0.257 e. The Morgan fingerprint density at radius 2 is 1.81 bits per heavy atom. The van der Waals surface area contributed by atoms with E-state index in [0.29, 0.717) is 32.7 Å². The first-order valence-corrected chi connectivity index (χ1v) is 10.4. The molecular formula is C21H24N2O3S. The second kappa shape index (κ2) is 8.23. The number of ether oxygens (including phenoxy) is 1. The summed E-state index contributed by atoms with van der Waals surface area (Å²) in [6.45, 7) is 2.38. The molecule has 27 heavy (non-hydrogen) atoms. The zero-order valence-corrected chi connectivity index (χ0v) is 16.1. The van der Waals surface area contributed by atoms with Gasteiger partial charge in [0.2, 0.25) is 5.91 Å². The molecule has 1 aliphatic carbocycles. The number of benzene rings is 1. The first-order valence-electron chi connectivity index (χ1n) is 9.57. The Labute approximate surface area is 163 Å². The average molecular weight is 385 g/mol. The van der Waals surface area contributed by atoms with Crippen molar-refractivity contribution in [2.24, 2.45) is 0 Å². The van der Waals surface area contributed by atoms with Crippen LogP contribution in [0.4, 0.5) is 5.00 Å². The van der Waals surface area contributed by atoms with Crippen LogP contribution in [0.25, 0.3) is 0 Å². The van der Waals surface area contributed by atoms with Gasteiger partial charge in [-0.3, -0.25) is 9.59 Å². The number of nitrogens with one attached hydrogen (secondary N) is 1. The van der Waals surface area contributed by atoms with E-state index in [4.69, 9.17) is 4.74 Å². The summed E-state index contributed by atoms with van der Waals surface area (Å²) in [5.74, 6) is -0.0384. The second-order valence-electron chi connectivity index (χ2n) is 7.03. The molecule has 1 aliphatic heterocycles. The number of amides is 2. The molecule has 0 atom stereocenters. The molecule has 1 saturated heterocycles. The minimum atomic E-state index is -0.0733. The van der Waals surface area contributed by atoms with E-state index in [1.165, 1.54) is 4.88 Å². The molecule has 2 amide bonds. The zero-order chi connectivity index (χ0) is 18.6. The number of aryl methyl sites for hydroxylation is 1. The van der Waals surface area contributed by atoms with E-state index in [1.54, 1.807) is 11.3 Å². The molecule has 0 unspecified atom stereocenters. The van der Waals surface area contributed by atoms with Crippen molar-refractivity contribution < 1.29 is 14.3 Å². The van der Waals surface area contributed by atoms with Gasteiger partial charge >= 0.3 is 0 Å². The van der Waals surface area contributed by atoms with Crippen LogP contribution in [0.5, 0.6) is 0 Å². The Morgan fingerprint density at radius 3 is 2.59 bits per heavy atom. The van der Waals surface area contributed by atoms with Crippen molar-refractivity contribution in [2.45, 2.75) is 32.1 Å². The molecule has 5 nitrogen and oxygen atoms in total. The number of anilines is 1. The highest BCUT2D eigenvalue weighted by molar-refractivity contribution is 7.17. The summed E-state index contributed by atoms with van der Waals surface area (Å²) in [5.41, 5.74) is 2.84. The maximum atomic E-state index is 13.2. The highest BCUT2D eigenvalue weighted by Gasteiger charge is 2.29. The van der Waals surface area contributed by atoms with Gasteiger partial charge in [-0.15, -0.1) is 11.3 Å². The SMILES string of the molecule is O=C(Cc1ccccc1)Nc1sc2c(c1C(=O)N1CCOCC1)CCCC2. The lowest BCUT2D eigenvalue weighted by atomic mass is 9.95. The van der Waals surface area contributed by atoms with E-state index in [1.807, 2.05) is 35.2 Å². The highest BCUT2D eigenvalue weighted by Crippen LogP contribution is 2.39. The molecule has 0 radical (unpaired) electrons. The van der Waals surface area contributed by atoms with Gasteiger partial charge in [0, 0.05) is 18.0 Å². The number of rotatable bonds is 4. The van der Waals surface area contributed by atoms with Crippen molar-refractivity contribution in [3.63, 3.8) is 0 Å². The Hall–Kier alpha value is -2.18. The van der Waals surface area contributed by atoms with Crippen molar-refractivity contribution in [1.29, 1.82) is 0 Å². The van der Waals surface area contributed by atoms with E-state index in [9.17, 15) is 9.59 Å². The third-order valence-corrected chi connectivity index (χ3v) is 6.35. The number of hydrogen-bond acceptors (Lipinski definition) is 4. The number of carbonyl (C=O) groups excluding carboxylic acids is 2. The van der Waals surface area contributed by atoms with Gasteiger partial charge in [0.15, 0.2) is 0 Å². The molecule has 1 aromatic carbocycles. The molecule has 2 aromatic rings. The normalized spacial score (nSPS) is 16.7. The summed E-state index contributed by atoms with van der Waals surface area (Å²) in [7, 11) is 0. The van der Waals surface area contributed by atoms with Crippen LogP contribution in [-0.4, -0.2) is 43.0 Å². The summed E-state index contributed by atoms with van der Waals surface area (Å²) >= 11 is 1.58. The van der Waals surface area contributed by atoms with Crippen LogP contribution in [0.2, 0.25) is 0 Å². The first-order chi connectivity index (χ1) is 13.2. The van der Waals surface area contributed by atoms with Gasteiger partial charge in [0.25, 0.3) is 5.91 Å². The number of morpholine rings is 1. The van der Waals surface area contributed by atoms with Crippen molar-refractivity contribution >= 4 is 28.2 Å². The fourth-order valence-corrected chi connectivity index (χ4v) is 5.05. The van der Waals surface area contributed by atoms with Crippen LogP contribution in [0, 0.1) is 0 Å². The van der Waals surface area contributed by atoms with Gasteiger partial charge < -0.3 is 15.0 Å². The van der Waals surface area contributed by atoms with E-state index in [-0.39, 0.29) is 11.8 Å². The molecule has 4 rings (SSSR count). The molecule has 142 valence electrons. The maximum absolute atomic E-state index is 13.2. The van der Waals surface area contributed by atoms with E-state index >= 15 is 0 Å². The van der Waals surface area contributed by atoms with Gasteiger partial charge in [0.05, 0.1) is 25.2 Å². The van der Waals surface area contributed by atoms with Gasteiger partial charge in [0.1, 0.15) is 5.00 Å². The Bertz CT molecular complexity index is 825. The minimum Gasteiger partial charge on any atom is -0.378 e. The molecule has 1 N–H and O–H groups in total. The maximum Gasteiger partial charge on any atom is 0.257 e. The third kappa shape index (κ3) is 4.06. The van der Waals surface area contributed by atoms with Crippen molar-refractivity contribution in [3.05, 3.63) is 51.9 Å². The molecular weight excluding hydrogens is 360 g/mol. The van der Waals surface area contributed by atoms with E-state index < -0.39 is 0 Å². The largest absolute Gasteiger partial charge is 0.378 e. The van der Waals surface area contributed by atoms with Crippen LogP contribution in [0.3, 0.4) is 0 Å². The lowest BCUT2D eigenvalue weighted by Gasteiger charge is -2.27. The van der Waals surface area contributed by atoms with Crippen LogP contribution >= 0.6 is 11.3 Å². The highest BCUT2D eigenvalue weighted by atomic mass is 32.1. The Morgan fingerprint density at radius 1 is 1.07 bits per heavy atom. The predicted octanol–water partition coefficient (Wildman–Crippen LogP) is 3.28. The number of carbonyl (C=O) groups is 2. The summed E-state index contributed by atoms with van der Waals surface area (Å²) in [4.78, 5) is 28.9. The van der Waals surface area contributed by atoms with Crippen LogP contribution in [-0.2, 0) is 28.8 Å². The van der Waals surface area contributed by atoms with Gasteiger partial charge in [-0.1, -0.05) is 30.3 Å². The standard InChI is InChI=1S/C21H24N2O3S/c24-18(14-15-6-2-1-3-7-15)22-20-19(16-8-4-5-9-17(16)27-20)21(25)23-10-12-26-13-11-23/h1-3,6-7H,4-5,8-14H2,(H,22,24). The Balaban J connectivity index is 1.58. The van der Waals surface area contributed by atoms with Crippen molar-refractivity contribution in [1.82, 2.24) is 4.90 Å². The number of nitrogens with zero attached hydrogens (tertiary/aromatic N) is 1. The summed E-state index contributed by atoms with van der Waals surface area (Å²) in [6.07, 6.45) is 4.49. The van der Waals surface area contributed by atoms with E-state index in [2.05, 4.69) is 5.32 Å². The molecule has 0 bridgehead atoms. The Kier molecular flexibility index (Phi) is 5.55. The fraction of sp³-hybridized carbons (Fsp3) is 0.429. The molecule has 2 heterocycles. The fourth-order valence-electron chi connectivity index (χ4n) is 3.76. The molecule has 0 spiro atoms. The molecule has 0 saturated carbocycles. The summed E-state index contributed by atoms with van der Waals surface area (Å²) in [6, 6.07) is 9.69. The molecule has 1 aromatic heterocycles. The molecule has 2 aliphatic rings. The van der Waals surface area contributed by atoms with Gasteiger partial charge in [-0.2, -0.15) is 0 Å². The minimum absolute atomic E-state index is 0.0349. The lowest BCUT2D eigenvalue weighted by Crippen LogP contribution is -2.41. The summed E-state index contributed by atoms with van der Waals surface area (Å²) in [5, 5.41) is 3.76. The van der Waals surface area contributed by atoms with Gasteiger partial charge in [-0.25, -0.2) is 0 Å². The topological polar surface area (TPSA) is 58.6 Å². The number of thiophene rings is 1. The van der Waals surface area contributed by atoms with Crippen LogP contribution < -0.4 is 5.32 Å². The quantitative estimate of drug-likeness (QED) is 0.880. The zero-order valence-electron chi connectivity index (χ0n) is 15.3. The molecule has 6 heteroatoms. The average Bonchev–Trinajstić information content (AvgIpc) is 3.06.